The molecule has 1 amide bonds. The molecule has 5 nitrogen and oxygen atoms in total. The van der Waals surface area contributed by atoms with Crippen molar-refractivity contribution < 1.29 is 14.3 Å². The first-order valence-electron chi connectivity index (χ1n) is 6.50. The second kappa shape index (κ2) is 5.69. The largest absolute Gasteiger partial charge is 0.467 e. The van der Waals surface area contributed by atoms with Crippen molar-refractivity contribution in [3.05, 3.63) is 0 Å². The molecule has 1 fully saturated rings. The number of methoxy groups -OCH3 is 1. The molecule has 1 atom stereocenters. The fraction of sp³-hybridized carbons (Fsp3) is 0.846. The van der Waals surface area contributed by atoms with E-state index in [4.69, 9.17) is 4.74 Å². The SMILES string of the molecule is CCCC1(C(=O)NC(C)(C)C(=O)OC)CCNC1. The number of esters is 1. The number of carbonyl (C=O) groups is 2. The molecule has 0 bridgehead atoms. The van der Waals surface area contributed by atoms with Gasteiger partial charge in [0.05, 0.1) is 12.5 Å². The molecule has 104 valence electrons. The maximum Gasteiger partial charge on any atom is 0.330 e. The quantitative estimate of drug-likeness (QED) is 0.715. The van der Waals surface area contributed by atoms with Gasteiger partial charge in [-0.15, -0.1) is 0 Å². The lowest BCUT2D eigenvalue weighted by Gasteiger charge is -2.31. The number of rotatable bonds is 5. The Hall–Kier alpha value is -1.10. The van der Waals surface area contributed by atoms with E-state index in [1.807, 2.05) is 0 Å². The van der Waals surface area contributed by atoms with Crippen molar-refractivity contribution in [3.63, 3.8) is 0 Å². The van der Waals surface area contributed by atoms with Gasteiger partial charge in [-0.2, -0.15) is 0 Å². The van der Waals surface area contributed by atoms with Crippen LogP contribution in [0.15, 0.2) is 0 Å². The lowest BCUT2D eigenvalue weighted by atomic mass is 9.81. The molecule has 1 heterocycles. The molecule has 2 N–H and O–H groups in total. The van der Waals surface area contributed by atoms with Crippen LogP contribution in [0.1, 0.15) is 40.0 Å². The molecule has 1 unspecified atom stereocenters. The minimum absolute atomic E-state index is 0.0512. The molecule has 0 aromatic rings. The van der Waals surface area contributed by atoms with Crippen LogP contribution in [0.3, 0.4) is 0 Å². The molecule has 1 rings (SSSR count). The van der Waals surface area contributed by atoms with E-state index in [-0.39, 0.29) is 11.3 Å². The summed E-state index contributed by atoms with van der Waals surface area (Å²) in [6.07, 6.45) is 2.61. The van der Waals surface area contributed by atoms with Crippen molar-refractivity contribution >= 4 is 11.9 Å². The van der Waals surface area contributed by atoms with Crippen molar-refractivity contribution in [2.45, 2.75) is 45.6 Å². The number of hydrogen-bond acceptors (Lipinski definition) is 4. The van der Waals surface area contributed by atoms with Crippen LogP contribution < -0.4 is 10.6 Å². The summed E-state index contributed by atoms with van der Waals surface area (Å²) in [5, 5.41) is 6.05. The Balaban J connectivity index is 2.76. The van der Waals surface area contributed by atoms with Crippen LogP contribution in [0.2, 0.25) is 0 Å². The monoisotopic (exact) mass is 256 g/mol. The van der Waals surface area contributed by atoms with Gasteiger partial charge < -0.3 is 15.4 Å². The molecule has 0 radical (unpaired) electrons. The average Bonchev–Trinajstić information content (AvgIpc) is 2.77. The van der Waals surface area contributed by atoms with E-state index in [1.54, 1.807) is 13.8 Å². The van der Waals surface area contributed by atoms with E-state index in [0.29, 0.717) is 6.54 Å². The fourth-order valence-corrected chi connectivity index (χ4v) is 2.47. The Morgan fingerprint density at radius 1 is 1.44 bits per heavy atom. The molecule has 0 aliphatic carbocycles. The van der Waals surface area contributed by atoms with Gasteiger partial charge in [-0.25, -0.2) is 4.79 Å². The third-order valence-electron chi connectivity index (χ3n) is 3.58. The molecule has 18 heavy (non-hydrogen) atoms. The highest BCUT2D eigenvalue weighted by Gasteiger charge is 2.43. The number of carbonyl (C=O) groups excluding carboxylic acids is 2. The van der Waals surface area contributed by atoms with Crippen molar-refractivity contribution in [2.75, 3.05) is 20.2 Å². The molecule has 0 saturated carbocycles. The van der Waals surface area contributed by atoms with Gasteiger partial charge in [0, 0.05) is 6.54 Å². The van der Waals surface area contributed by atoms with Crippen molar-refractivity contribution in [2.24, 2.45) is 5.41 Å². The van der Waals surface area contributed by atoms with Gasteiger partial charge in [-0.3, -0.25) is 4.79 Å². The number of nitrogens with one attached hydrogen (secondary N) is 2. The predicted molar refractivity (Wildman–Crippen MR) is 69.1 cm³/mol. The van der Waals surface area contributed by atoms with E-state index in [2.05, 4.69) is 17.6 Å². The molecular formula is C13H24N2O3. The van der Waals surface area contributed by atoms with Crippen LogP contribution in [0, 0.1) is 5.41 Å². The lowest BCUT2D eigenvalue weighted by Crippen LogP contribution is -2.55. The fourth-order valence-electron chi connectivity index (χ4n) is 2.47. The van der Waals surface area contributed by atoms with Gasteiger partial charge in [0.2, 0.25) is 5.91 Å². The van der Waals surface area contributed by atoms with Gasteiger partial charge in [-0.1, -0.05) is 13.3 Å². The van der Waals surface area contributed by atoms with Crippen LogP contribution in [-0.2, 0) is 14.3 Å². The summed E-state index contributed by atoms with van der Waals surface area (Å²) < 4.78 is 4.70. The zero-order valence-corrected chi connectivity index (χ0v) is 11.8. The van der Waals surface area contributed by atoms with Crippen LogP contribution >= 0.6 is 0 Å². The Morgan fingerprint density at radius 3 is 2.56 bits per heavy atom. The van der Waals surface area contributed by atoms with E-state index >= 15 is 0 Å². The molecule has 1 aliphatic rings. The maximum absolute atomic E-state index is 12.4. The highest BCUT2D eigenvalue weighted by Crippen LogP contribution is 2.32. The van der Waals surface area contributed by atoms with Crippen molar-refractivity contribution in [3.8, 4) is 0 Å². The number of amides is 1. The van der Waals surface area contributed by atoms with Crippen LogP contribution in [0.5, 0.6) is 0 Å². The van der Waals surface area contributed by atoms with Gasteiger partial charge in [0.15, 0.2) is 0 Å². The average molecular weight is 256 g/mol. The van der Waals surface area contributed by atoms with E-state index in [0.717, 1.165) is 25.8 Å². The second-order valence-corrected chi connectivity index (χ2v) is 5.53. The zero-order valence-electron chi connectivity index (χ0n) is 11.8. The van der Waals surface area contributed by atoms with E-state index in [1.165, 1.54) is 7.11 Å². The van der Waals surface area contributed by atoms with Crippen molar-refractivity contribution in [1.82, 2.24) is 10.6 Å². The Morgan fingerprint density at radius 2 is 2.11 bits per heavy atom. The second-order valence-electron chi connectivity index (χ2n) is 5.53. The highest BCUT2D eigenvalue weighted by molar-refractivity contribution is 5.90. The van der Waals surface area contributed by atoms with Gasteiger partial charge in [0.1, 0.15) is 5.54 Å². The Bertz CT molecular complexity index is 320. The summed E-state index contributed by atoms with van der Waals surface area (Å²) in [6.45, 7) is 6.94. The van der Waals surface area contributed by atoms with Crippen LogP contribution in [0.25, 0.3) is 0 Å². The van der Waals surface area contributed by atoms with Crippen LogP contribution in [0.4, 0.5) is 0 Å². The minimum atomic E-state index is -0.977. The third-order valence-corrected chi connectivity index (χ3v) is 3.58. The first-order chi connectivity index (χ1) is 8.38. The summed E-state index contributed by atoms with van der Waals surface area (Å²) in [4.78, 5) is 24.0. The topological polar surface area (TPSA) is 67.4 Å². The summed E-state index contributed by atoms with van der Waals surface area (Å²) in [7, 11) is 1.33. The van der Waals surface area contributed by atoms with Crippen molar-refractivity contribution in [1.29, 1.82) is 0 Å². The number of ether oxygens (including phenoxy) is 1. The van der Waals surface area contributed by atoms with E-state index < -0.39 is 11.5 Å². The summed E-state index contributed by atoms with van der Waals surface area (Å²) >= 11 is 0. The smallest absolute Gasteiger partial charge is 0.330 e. The predicted octanol–water partition coefficient (Wildman–Crippen LogP) is 0.834. The summed E-state index contributed by atoms with van der Waals surface area (Å²) in [5.74, 6) is -0.474. The number of hydrogen-bond donors (Lipinski definition) is 2. The lowest BCUT2D eigenvalue weighted by molar-refractivity contribution is -0.151. The molecule has 0 spiro atoms. The third kappa shape index (κ3) is 3.02. The first-order valence-corrected chi connectivity index (χ1v) is 6.50. The normalized spacial score (nSPS) is 23.8. The van der Waals surface area contributed by atoms with Gasteiger partial charge >= 0.3 is 5.97 Å². The maximum atomic E-state index is 12.4. The molecule has 1 saturated heterocycles. The Kier molecular flexibility index (Phi) is 4.73. The molecule has 0 aromatic heterocycles. The Labute approximate surface area is 109 Å². The zero-order chi connectivity index (χ0) is 13.8. The first kappa shape index (κ1) is 15.0. The summed E-state index contributed by atoms with van der Waals surface area (Å²) in [5.41, 5.74) is -1.35. The molecule has 0 aromatic carbocycles. The highest BCUT2D eigenvalue weighted by atomic mass is 16.5. The standard InChI is InChI=1S/C13H24N2O3/c1-5-6-13(7-8-14-9-13)10(16)15-12(2,3)11(17)18-4/h14H,5-9H2,1-4H3,(H,15,16). The minimum Gasteiger partial charge on any atom is -0.467 e. The molecule has 1 aliphatic heterocycles. The van der Waals surface area contributed by atoms with E-state index in [9.17, 15) is 9.59 Å². The molecular weight excluding hydrogens is 232 g/mol. The summed E-state index contributed by atoms with van der Waals surface area (Å²) in [6, 6.07) is 0. The van der Waals surface area contributed by atoms with Gasteiger partial charge in [-0.05, 0) is 33.2 Å². The van der Waals surface area contributed by atoms with Gasteiger partial charge in [0.25, 0.3) is 0 Å². The van der Waals surface area contributed by atoms with Crippen LogP contribution in [-0.4, -0.2) is 37.6 Å². The molecule has 5 heteroatoms.